The second-order valence-corrected chi connectivity index (χ2v) is 5.23. The van der Waals surface area contributed by atoms with Crippen LogP contribution in [0.15, 0.2) is 42.6 Å². The molecule has 1 aromatic heterocycles. The molecule has 7 heteroatoms. The van der Waals surface area contributed by atoms with Crippen molar-refractivity contribution in [1.29, 1.82) is 0 Å². The standard InChI is InChI=1S/C15H13Cl2N3O2/c16-11-5-3-6-12(17)15(11)20-14(22)8-13(21)19-9-10-4-1-2-7-18-10/h1-7H,8-9H2,(H,19,21)(H,20,22). The van der Waals surface area contributed by atoms with Gasteiger partial charge in [0.1, 0.15) is 6.42 Å². The Bertz CT molecular complexity index is 657. The summed E-state index contributed by atoms with van der Waals surface area (Å²) in [6, 6.07) is 10.3. The molecule has 0 atom stereocenters. The molecular weight excluding hydrogens is 325 g/mol. The predicted octanol–water partition coefficient (Wildman–Crippen LogP) is 3.03. The summed E-state index contributed by atoms with van der Waals surface area (Å²) in [4.78, 5) is 27.6. The summed E-state index contributed by atoms with van der Waals surface area (Å²) < 4.78 is 0. The summed E-state index contributed by atoms with van der Waals surface area (Å²) in [6.07, 6.45) is 1.31. The van der Waals surface area contributed by atoms with Gasteiger partial charge in [-0.05, 0) is 24.3 Å². The van der Waals surface area contributed by atoms with Gasteiger partial charge in [0, 0.05) is 6.20 Å². The van der Waals surface area contributed by atoms with Crippen molar-refractivity contribution in [3.8, 4) is 0 Å². The van der Waals surface area contributed by atoms with E-state index in [9.17, 15) is 9.59 Å². The lowest BCUT2D eigenvalue weighted by atomic mass is 10.3. The number of rotatable bonds is 5. The highest BCUT2D eigenvalue weighted by molar-refractivity contribution is 6.39. The van der Waals surface area contributed by atoms with Gasteiger partial charge in [0.05, 0.1) is 28.0 Å². The Morgan fingerprint density at radius 2 is 1.73 bits per heavy atom. The number of carbonyl (C=O) groups is 2. The zero-order valence-corrected chi connectivity index (χ0v) is 13.0. The zero-order valence-electron chi connectivity index (χ0n) is 11.5. The molecule has 0 unspecified atom stereocenters. The summed E-state index contributed by atoms with van der Waals surface area (Å²) in [6.45, 7) is 0.264. The zero-order chi connectivity index (χ0) is 15.9. The smallest absolute Gasteiger partial charge is 0.233 e. The first-order valence-corrected chi connectivity index (χ1v) is 7.22. The Kier molecular flexibility index (Phi) is 5.75. The van der Waals surface area contributed by atoms with Gasteiger partial charge in [0.15, 0.2) is 0 Å². The molecule has 0 bridgehead atoms. The van der Waals surface area contributed by atoms with Gasteiger partial charge in [-0.3, -0.25) is 14.6 Å². The fourth-order valence-electron chi connectivity index (χ4n) is 1.70. The minimum absolute atomic E-state index is 0.264. The molecule has 5 nitrogen and oxygen atoms in total. The van der Waals surface area contributed by atoms with E-state index in [1.807, 2.05) is 6.07 Å². The van der Waals surface area contributed by atoms with E-state index >= 15 is 0 Å². The summed E-state index contributed by atoms with van der Waals surface area (Å²) >= 11 is 11.9. The van der Waals surface area contributed by atoms with E-state index in [0.29, 0.717) is 21.4 Å². The molecule has 2 rings (SSSR count). The second kappa shape index (κ2) is 7.77. The molecule has 0 spiro atoms. The van der Waals surface area contributed by atoms with E-state index in [0.717, 1.165) is 0 Å². The van der Waals surface area contributed by atoms with Crippen LogP contribution in [0.25, 0.3) is 0 Å². The average molecular weight is 338 g/mol. The maximum absolute atomic E-state index is 11.8. The van der Waals surface area contributed by atoms with E-state index in [1.165, 1.54) is 0 Å². The van der Waals surface area contributed by atoms with Crippen LogP contribution in [0.4, 0.5) is 5.69 Å². The normalized spacial score (nSPS) is 10.1. The lowest BCUT2D eigenvalue weighted by Crippen LogP contribution is -2.28. The number of amides is 2. The molecule has 0 aliphatic carbocycles. The Balaban J connectivity index is 1.85. The average Bonchev–Trinajstić information content (AvgIpc) is 2.50. The largest absolute Gasteiger partial charge is 0.350 e. The second-order valence-electron chi connectivity index (χ2n) is 4.42. The minimum atomic E-state index is -0.492. The third kappa shape index (κ3) is 4.72. The molecule has 2 aromatic rings. The van der Waals surface area contributed by atoms with Crippen LogP contribution in [0.5, 0.6) is 0 Å². The number of benzene rings is 1. The first kappa shape index (κ1) is 16.3. The number of hydrogen-bond acceptors (Lipinski definition) is 3. The van der Waals surface area contributed by atoms with Crippen molar-refractivity contribution in [3.05, 3.63) is 58.3 Å². The summed E-state index contributed by atoms with van der Waals surface area (Å²) in [5.41, 5.74) is 1.01. The molecule has 0 saturated carbocycles. The molecule has 0 aliphatic rings. The Morgan fingerprint density at radius 1 is 1.00 bits per heavy atom. The Hall–Kier alpha value is -2.11. The molecule has 2 N–H and O–H groups in total. The fraction of sp³-hybridized carbons (Fsp3) is 0.133. The van der Waals surface area contributed by atoms with Gasteiger partial charge in [0.2, 0.25) is 11.8 Å². The first-order chi connectivity index (χ1) is 10.6. The lowest BCUT2D eigenvalue weighted by molar-refractivity contribution is -0.126. The van der Waals surface area contributed by atoms with Gasteiger partial charge in [-0.15, -0.1) is 0 Å². The number of halogens is 2. The molecular formula is C15H13Cl2N3O2. The molecule has 0 fully saturated rings. The summed E-state index contributed by atoms with van der Waals surface area (Å²) in [5.74, 6) is -0.903. The maximum atomic E-state index is 11.8. The first-order valence-electron chi connectivity index (χ1n) is 6.46. The van der Waals surface area contributed by atoms with Crippen LogP contribution in [0.1, 0.15) is 12.1 Å². The predicted molar refractivity (Wildman–Crippen MR) is 85.8 cm³/mol. The van der Waals surface area contributed by atoms with Gasteiger partial charge in [-0.2, -0.15) is 0 Å². The van der Waals surface area contributed by atoms with Gasteiger partial charge in [-0.1, -0.05) is 35.3 Å². The van der Waals surface area contributed by atoms with E-state index in [4.69, 9.17) is 23.2 Å². The van der Waals surface area contributed by atoms with Crippen molar-refractivity contribution in [1.82, 2.24) is 10.3 Å². The van der Waals surface area contributed by atoms with Crippen molar-refractivity contribution in [2.45, 2.75) is 13.0 Å². The minimum Gasteiger partial charge on any atom is -0.350 e. The number of hydrogen-bond donors (Lipinski definition) is 2. The molecule has 1 aromatic carbocycles. The monoisotopic (exact) mass is 337 g/mol. The lowest BCUT2D eigenvalue weighted by Gasteiger charge is -2.09. The number of carbonyl (C=O) groups excluding carboxylic acids is 2. The molecule has 114 valence electrons. The molecule has 0 aliphatic heterocycles. The SMILES string of the molecule is O=C(CC(=O)Nc1c(Cl)cccc1Cl)NCc1ccccn1. The number of pyridine rings is 1. The third-order valence-electron chi connectivity index (χ3n) is 2.74. The van der Waals surface area contributed by atoms with Crippen molar-refractivity contribution >= 4 is 40.7 Å². The quantitative estimate of drug-likeness (QED) is 0.823. The van der Waals surface area contributed by atoms with E-state index < -0.39 is 11.8 Å². The third-order valence-corrected chi connectivity index (χ3v) is 3.37. The number of nitrogens with one attached hydrogen (secondary N) is 2. The molecule has 0 saturated heterocycles. The van der Waals surface area contributed by atoms with Crippen LogP contribution in [-0.2, 0) is 16.1 Å². The molecule has 0 radical (unpaired) electrons. The number of anilines is 1. The highest BCUT2D eigenvalue weighted by Gasteiger charge is 2.13. The van der Waals surface area contributed by atoms with Crippen LogP contribution in [0.3, 0.4) is 0 Å². The summed E-state index contributed by atoms with van der Waals surface area (Å²) in [5, 5.41) is 5.77. The van der Waals surface area contributed by atoms with Crippen LogP contribution >= 0.6 is 23.2 Å². The van der Waals surface area contributed by atoms with Crippen LogP contribution in [-0.4, -0.2) is 16.8 Å². The van der Waals surface area contributed by atoms with Gasteiger partial charge in [-0.25, -0.2) is 0 Å². The fourth-order valence-corrected chi connectivity index (χ4v) is 2.19. The molecule has 22 heavy (non-hydrogen) atoms. The van der Waals surface area contributed by atoms with Crippen molar-refractivity contribution < 1.29 is 9.59 Å². The van der Waals surface area contributed by atoms with Gasteiger partial charge < -0.3 is 10.6 Å². The van der Waals surface area contributed by atoms with Crippen LogP contribution in [0, 0.1) is 0 Å². The van der Waals surface area contributed by atoms with Crippen molar-refractivity contribution in [2.24, 2.45) is 0 Å². The van der Waals surface area contributed by atoms with E-state index in [2.05, 4.69) is 15.6 Å². The number of aromatic nitrogens is 1. The highest BCUT2D eigenvalue weighted by Crippen LogP contribution is 2.29. The van der Waals surface area contributed by atoms with Crippen molar-refractivity contribution in [3.63, 3.8) is 0 Å². The summed E-state index contributed by atoms with van der Waals surface area (Å²) in [7, 11) is 0. The van der Waals surface area contributed by atoms with Gasteiger partial charge in [0.25, 0.3) is 0 Å². The van der Waals surface area contributed by atoms with Crippen molar-refractivity contribution in [2.75, 3.05) is 5.32 Å². The highest BCUT2D eigenvalue weighted by atomic mass is 35.5. The molecule has 1 heterocycles. The number of nitrogens with zero attached hydrogens (tertiary/aromatic N) is 1. The van der Waals surface area contributed by atoms with Crippen LogP contribution < -0.4 is 10.6 Å². The van der Waals surface area contributed by atoms with E-state index in [1.54, 1.807) is 36.5 Å². The topological polar surface area (TPSA) is 71.1 Å². The van der Waals surface area contributed by atoms with Gasteiger partial charge >= 0.3 is 0 Å². The number of para-hydroxylation sites is 1. The maximum Gasteiger partial charge on any atom is 0.233 e. The van der Waals surface area contributed by atoms with Crippen LogP contribution in [0.2, 0.25) is 10.0 Å². The van der Waals surface area contributed by atoms with E-state index in [-0.39, 0.29) is 13.0 Å². The Labute approximate surface area is 137 Å². The molecule has 2 amide bonds. The Morgan fingerprint density at radius 3 is 2.36 bits per heavy atom.